The fraction of sp³-hybridized carbons (Fsp3) is 0.778. The highest BCUT2D eigenvalue weighted by Gasteiger charge is 2.46. The lowest BCUT2D eigenvalue weighted by molar-refractivity contribution is -0.227. The molecule has 0 heterocycles. The third-order valence-electron chi connectivity index (χ3n) is 2.90. The lowest BCUT2D eigenvalue weighted by Gasteiger charge is -2.32. The Balaban J connectivity index is 3.04. The second-order valence-corrected chi connectivity index (χ2v) is 5.78. The summed E-state index contributed by atoms with van der Waals surface area (Å²) >= 11 is 0. The van der Waals surface area contributed by atoms with Crippen LogP contribution >= 0.6 is 0 Å². The molecule has 0 aromatic heterocycles. The summed E-state index contributed by atoms with van der Waals surface area (Å²) in [6.45, 7) is 0. The normalized spacial score (nSPS) is 26.2. The van der Waals surface area contributed by atoms with Crippen LogP contribution in [0.25, 0.3) is 0 Å². The molecule has 2 atom stereocenters. The van der Waals surface area contributed by atoms with Crippen LogP contribution in [0.15, 0.2) is 4.40 Å². The molecule has 1 aliphatic carbocycles. The molecule has 19 heavy (non-hydrogen) atoms. The number of rotatable bonds is 3. The van der Waals surface area contributed by atoms with Crippen LogP contribution in [0.4, 0.5) is 13.2 Å². The summed E-state index contributed by atoms with van der Waals surface area (Å²) < 4.78 is 59.8. The summed E-state index contributed by atoms with van der Waals surface area (Å²) in [5.74, 6) is -5.38. The highest BCUT2D eigenvalue weighted by Crippen LogP contribution is 2.32. The average molecular weight is 302 g/mol. The molecule has 1 rings (SSSR count). The fourth-order valence-corrected chi connectivity index (χ4v) is 2.44. The van der Waals surface area contributed by atoms with Crippen LogP contribution in [-0.4, -0.2) is 30.9 Å². The predicted octanol–water partition coefficient (Wildman–Crippen LogP) is 0.486. The molecular formula is C9H11F3NO5S-. The molecule has 0 aromatic carbocycles. The smallest absolute Gasteiger partial charge is 0.518 e. The van der Waals surface area contributed by atoms with E-state index >= 15 is 0 Å². The van der Waals surface area contributed by atoms with Crippen LogP contribution in [0.1, 0.15) is 25.7 Å². The van der Waals surface area contributed by atoms with Crippen molar-refractivity contribution < 1.29 is 36.6 Å². The van der Waals surface area contributed by atoms with E-state index in [0.29, 0.717) is 12.8 Å². The average Bonchev–Trinajstić information content (AvgIpc) is 2.26. The minimum absolute atomic E-state index is 0.0205. The molecule has 1 N–H and O–H groups in total. The Morgan fingerprint density at radius 1 is 1.21 bits per heavy atom. The number of alkyl halides is 3. The summed E-state index contributed by atoms with van der Waals surface area (Å²) in [4.78, 5) is 10.9. The number of carbonyl (C=O) groups is 1. The van der Waals surface area contributed by atoms with Crippen molar-refractivity contribution in [2.24, 2.45) is 16.2 Å². The van der Waals surface area contributed by atoms with E-state index < -0.39 is 39.2 Å². The molecule has 1 fully saturated rings. The van der Waals surface area contributed by atoms with E-state index in [9.17, 15) is 31.5 Å². The standard InChI is InChI=1S/C9H12F3NO5S/c10-9(11,12)19(17,18)13-7(14)5-3-1-2-4-6(5)8(15)16/h5-6H,1-4H2,(H,13,14)(H,15,16)/p-1. The number of aliphatic carboxylic acids is 1. The van der Waals surface area contributed by atoms with Gasteiger partial charge in [-0.05, 0) is 18.7 Å². The number of halogens is 3. The van der Waals surface area contributed by atoms with Crippen LogP contribution in [0.2, 0.25) is 0 Å². The zero-order valence-electron chi connectivity index (χ0n) is 9.55. The summed E-state index contributed by atoms with van der Waals surface area (Å²) in [6, 6.07) is 0. The van der Waals surface area contributed by atoms with Gasteiger partial charge in [0.2, 0.25) is 0 Å². The van der Waals surface area contributed by atoms with E-state index in [2.05, 4.69) is 4.40 Å². The van der Waals surface area contributed by atoms with Crippen molar-refractivity contribution >= 4 is 21.9 Å². The van der Waals surface area contributed by atoms with E-state index in [0.717, 1.165) is 0 Å². The third-order valence-corrected chi connectivity index (χ3v) is 3.91. The maximum absolute atomic E-state index is 12.1. The number of carboxylic acid groups (broad SMARTS) is 1. The number of hydrogen-bond donors (Lipinski definition) is 1. The number of nitrogens with zero attached hydrogens (tertiary/aromatic N) is 1. The van der Waals surface area contributed by atoms with E-state index in [1.54, 1.807) is 0 Å². The maximum atomic E-state index is 12.1. The zero-order chi connectivity index (χ0) is 14.8. The Bertz CT molecular complexity index is 485. The van der Waals surface area contributed by atoms with Crippen molar-refractivity contribution in [1.29, 1.82) is 0 Å². The lowest BCUT2D eigenvalue weighted by atomic mass is 9.79. The maximum Gasteiger partial charge on any atom is 0.518 e. The Kier molecular flexibility index (Phi) is 4.43. The van der Waals surface area contributed by atoms with Crippen molar-refractivity contribution in [3.63, 3.8) is 0 Å². The zero-order valence-corrected chi connectivity index (χ0v) is 10.4. The van der Waals surface area contributed by atoms with Crippen LogP contribution < -0.4 is 5.11 Å². The van der Waals surface area contributed by atoms with Gasteiger partial charge in [0.1, 0.15) is 0 Å². The van der Waals surface area contributed by atoms with Gasteiger partial charge in [0.25, 0.3) is 0 Å². The van der Waals surface area contributed by atoms with Crippen molar-refractivity contribution in [2.75, 3.05) is 0 Å². The monoisotopic (exact) mass is 302 g/mol. The van der Waals surface area contributed by atoms with Gasteiger partial charge in [0.05, 0.1) is 5.92 Å². The summed E-state index contributed by atoms with van der Waals surface area (Å²) in [6.07, 6.45) is 1.11. The van der Waals surface area contributed by atoms with E-state index in [4.69, 9.17) is 5.11 Å². The molecule has 2 unspecified atom stereocenters. The molecular weight excluding hydrogens is 291 g/mol. The van der Waals surface area contributed by atoms with Crippen molar-refractivity contribution in [1.82, 2.24) is 0 Å². The second-order valence-electron chi connectivity index (χ2n) is 4.19. The molecule has 110 valence electrons. The highest BCUT2D eigenvalue weighted by atomic mass is 32.2. The minimum Gasteiger partial charge on any atom is -0.861 e. The highest BCUT2D eigenvalue weighted by molar-refractivity contribution is 7.91. The van der Waals surface area contributed by atoms with Gasteiger partial charge in [-0.15, -0.1) is 0 Å². The molecule has 1 aliphatic rings. The molecule has 0 radical (unpaired) electrons. The molecule has 1 saturated carbocycles. The fourth-order valence-electron chi connectivity index (χ4n) is 1.96. The Hall–Kier alpha value is -1.32. The van der Waals surface area contributed by atoms with Crippen LogP contribution in [-0.2, 0) is 14.8 Å². The van der Waals surface area contributed by atoms with Crippen molar-refractivity contribution in [3.8, 4) is 0 Å². The van der Waals surface area contributed by atoms with Gasteiger partial charge in [0, 0.05) is 5.92 Å². The SMILES string of the molecule is O=C(O)C1CCCCC1/C([O-])=N/S(=O)(=O)C(F)(F)F. The van der Waals surface area contributed by atoms with Gasteiger partial charge in [-0.3, -0.25) is 4.79 Å². The molecule has 10 heteroatoms. The summed E-state index contributed by atoms with van der Waals surface area (Å²) in [5, 5.41) is 20.3. The first-order valence-corrected chi connectivity index (χ1v) is 6.81. The number of hydrogen-bond acceptors (Lipinski definition) is 4. The van der Waals surface area contributed by atoms with Gasteiger partial charge in [-0.2, -0.15) is 26.0 Å². The van der Waals surface area contributed by atoms with Gasteiger partial charge in [-0.25, -0.2) is 0 Å². The second kappa shape index (κ2) is 5.35. The first-order chi connectivity index (χ1) is 8.56. The van der Waals surface area contributed by atoms with Gasteiger partial charge < -0.3 is 10.2 Å². The first-order valence-electron chi connectivity index (χ1n) is 5.37. The summed E-state index contributed by atoms with van der Waals surface area (Å²) in [5.41, 5.74) is -5.66. The Morgan fingerprint density at radius 2 is 1.68 bits per heavy atom. The number of carboxylic acids is 1. The van der Waals surface area contributed by atoms with Gasteiger partial charge >= 0.3 is 21.5 Å². The first kappa shape index (κ1) is 15.7. The predicted molar refractivity (Wildman–Crippen MR) is 55.5 cm³/mol. The molecule has 0 spiro atoms. The van der Waals surface area contributed by atoms with Crippen molar-refractivity contribution in [3.05, 3.63) is 0 Å². The van der Waals surface area contributed by atoms with Gasteiger partial charge in [-0.1, -0.05) is 12.8 Å². The number of sulfonamides is 1. The molecule has 0 bridgehead atoms. The molecule has 0 aliphatic heterocycles. The molecule has 0 amide bonds. The van der Waals surface area contributed by atoms with Crippen molar-refractivity contribution in [2.45, 2.75) is 31.2 Å². The summed E-state index contributed by atoms with van der Waals surface area (Å²) in [7, 11) is -5.91. The minimum atomic E-state index is -5.91. The Morgan fingerprint density at radius 3 is 2.11 bits per heavy atom. The van der Waals surface area contributed by atoms with Gasteiger partial charge in [0.15, 0.2) is 0 Å². The quantitative estimate of drug-likeness (QED) is 0.603. The van der Waals surface area contributed by atoms with E-state index in [1.807, 2.05) is 0 Å². The van der Waals surface area contributed by atoms with Crippen LogP contribution in [0.5, 0.6) is 0 Å². The molecule has 0 aromatic rings. The topological polar surface area (TPSA) is 107 Å². The van der Waals surface area contributed by atoms with E-state index in [1.165, 1.54) is 0 Å². The lowest BCUT2D eigenvalue weighted by Crippen LogP contribution is -2.40. The molecule has 0 saturated heterocycles. The van der Waals surface area contributed by atoms with Crippen LogP contribution in [0, 0.1) is 11.8 Å². The Labute approximate surface area is 107 Å². The van der Waals surface area contributed by atoms with Crippen LogP contribution in [0.3, 0.4) is 0 Å². The molecule has 6 nitrogen and oxygen atoms in total. The van der Waals surface area contributed by atoms with E-state index in [-0.39, 0.29) is 12.8 Å². The third kappa shape index (κ3) is 3.58. The largest absolute Gasteiger partial charge is 0.861 e.